The summed E-state index contributed by atoms with van der Waals surface area (Å²) in [7, 11) is 3.19. The maximum atomic E-state index is 12.5. The molecule has 4 aromatic rings. The lowest BCUT2D eigenvalue weighted by Crippen LogP contribution is -2.12. The van der Waals surface area contributed by atoms with Crippen LogP contribution >= 0.6 is 0 Å². The van der Waals surface area contributed by atoms with E-state index in [1.807, 2.05) is 20.8 Å². The average Bonchev–Trinajstić information content (AvgIpc) is 3.30. The molecule has 0 atom stereocenters. The summed E-state index contributed by atoms with van der Waals surface area (Å²) in [6.07, 6.45) is 1.60. The van der Waals surface area contributed by atoms with Crippen molar-refractivity contribution in [1.29, 1.82) is 0 Å². The van der Waals surface area contributed by atoms with E-state index in [0.29, 0.717) is 28.7 Å². The number of nitrogens with one attached hydrogen (secondary N) is 1. The second kappa shape index (κ2) is 8.50. The molecule has 1 aromatic carbocycles. The van der Waals surface area contributed by atoms with Crippen molar-refractivity contribution in [2.24, 2.45) is 7.05 Å². The number of ether oxygens (including phenoxy) is 2. The molecular weight excluding hydrogens is 410 g/mol. The third-order valence-electron chi connectivity index (χ3n) is 5.06. The predicted molar refractivity (Wildman–Crippen MR) is 118 cm³/mol. The molecule has 10 nitrogen and oxygen atoms in total. The number of hydrogen-bond donors (Lipinski definition) is 1. The summed E-state index contributed by atoms with van der Waals surface area (Å²) in [5.74, 6) is 1.48. The molecular formula is C22H23N7O3. The number of anilines is 1. The Morgan fingerprint density at radius 3 is 2.34 bits per heavy atom. The molecule has 0 saturated heterocycles. The highest BCUT2D eigenvalue weighted by Crippen LogP contribution is 2.23. The Kier molecular flexibility index (Phi) is 5.59. The zero-order valence-corrected chi connectivity index (χ0v) is 18.4. The number of rotatable bonds is 6. The van der Waals surface area contributed by atoms with E-state index in [9.17, 15) is 4.79 Å². The van der Waals surface area contributed by atoms with Crippen LogP contribution in [0.25, 0.3) is 5.82 Å². The molecule has 0 bridgehead atoms. The summed E-state index contributed by atoms with van der Waals surface area (Å²) in [4.78, 5) is 12.5. The summed E-state index contributed by atoms with van der Waals surface area (Å²) >= 11 is 0. The molecule has 10 heteroatoms. The number of methoxy groups -OCH3 is 1. The smallest absolute Gasteiger partial charge is 0.262 e. The van der Waals surface area contributed by atoms with Crippen LogP contribution in [0.3, 0.4) is 0 Å². The lowest BCUT2D eigenvalue weighted by Gasteiger charge is -2.08. The van der Waals surface area contributed by atoms with Gasteiger partial charge in [0, 0.05) is 30.7 Å². The Labute approximate surface area is 184 Å². The minimum Gasteiger partial charge on any atom is -0.479 e. The molecule has 0 unspecified atom stereocenters. The fraction of sp³-hybridized carbons (Fsp3) is 0.227. The molecule has 0 spiro atoms. The number of benzene rings is 1. The van der Waals surface area contributed by atoms with Gasteiger partial charge in [0.15, 0.2) is 5.82 Å². The average molecular weight is 433 g/mol. The van der Waals surface area contributed by atoms with Crippen molar-refractivity contribution in [1.82, 2.24) is 29.8 Å². The fourth-order valence-electron chi connectivity index (χ4n) is 3.12. The van der Waals surface area contributed by atoms with Crippen LogP contribution in [0.4, 0.5) is 5.69 Å². The monoisotopic (exact) mass is 433 g/mol. The standard InChI is InChI=1S/C22H23N7O3/c1-13-14(2)26-29(15(13)3)19-10-11-20(25-24-19)32-17-8-6-16(7-9-17)23-21(30)18-12-28(4)27-22(18)31-5/h6-12H,1-5H3,(H,23,30). The quantitative estimate of drug-likeness (QED) is 0.496. The van der Waals surface area contributed by atoms with Crippen molar-refractivity contribution in [3.63, 3.8) is 0 Å². The number of nitrogens with zero attached hydrogens (tertiary/aromatic N) is 6. The largest absolute Gasteiger partial charge is 0.479 e. The van der Waals surface area contributed by atoms with Gasteiger partial charge in [-0.05, 0) is 56.7 Å². The maximum absolute atomic E-state index is 12.5. The number of hydrogen-bond acceptors (Lipinski definition) is 7. The molecule has 0 aliphatic rings. The molecule has 0 saturated carbocycles. The van der Waals surface area contributed by atoms with E-state index in [1.165, 1.54) is 11.8 Å². The molecule has 0 aliphatic heterocycles. The number of aromatic nitrogens is 6. The van der Waals surface area contributed by atoms with Gasteiger partial charge in [0.1, 0.15) is 11.3 Å². The first-order chi connectivity index (χ1) is 15.4. The van der Waals surface area contributed by atoms with Gasteiger partial charge in [-0.1, -0.05) is 0 Å². The van der Waals surface area contributed by atoms with Crippen molar-refractivity contribution in [3.05, 3.63) is 65.1 Å². The summed E-state index contributed by atoms with van der Waals surface area (Å²) in [6, 6.07) is 10.5. The van der Waals surface area contributed by atoms with E-state index >= 15 is 0 Å². The van der Waals surface area contributed by atoms with E-state index in [2.05, 4.69) is 25.7 Å². The number of amides is 1. The third kappa shape index (κ3) is 4.15. The summed E-state index contributed by atoms with van der Waals surface area (Å²) in [5, 5.41) is 19.7. The Bertz CT molecular complexity index is 1260. The molecule has 1 N–H and O–H groups in total. The van der Waals surface area contributed by atoms with E-state index in [1.54, 1.807) is 54.3 Å². The van der Waals surface area contributed by atoms with Gasteiger partial charge in [-0.2, -0.15) is 5.10 Å². The number of carbonyl (C=O) groups excluding carboxylic acids is 1. The minimum atomic E-state index is -0.315. The second-order valence-corrected chi connectivity index (χ2v) is 7.24. The topological polar surface area (TPSA) is 109 Å². The lowest BCUT2D eigenvalue weighted by molar-refractivity contribution is 0.102. The van der Waals surface area contributed by atoms with Gasteiger partial charge < -0.3 is 14.8 Å². The van der Waals surface area contributed by atoms with Crippen molar-refractivity contribution >= 4 is 11.6 Å². The SMILES string of the molecule is COc1nn(C)cc1C(=O)Nc1ccc(Oc2ccc(-n3nc(C)c(C)c3C)nn2)cc1. The minimum absolute atomic E-state index is 0.266. The van der Waals surface area contributed by atoms with Crippen molar-refractivity contribution in [2.45, 2.75) is 20.8 Å². The molecule has 0 fully saturated rings. The van der Waals surface area contributed by atoms with Crippen molar-refractivity contribution < 1.29 is 14.3 Å². The highest BCUT2D eigenvalue weighted by molar-refractivity contribution is 6.05. The highest BCUT2D eigenvalue weighted by atomic mass is 16.5. The van der Waals surface area contributed by atoms with Gasteiger partial charge in [-0.15, -0.1) is 15.3 Å². The molecule has 164 valence electrons. The molecule has 3 aromatic heterocycles. The van der Waals surface area contributed by atoms with Crippen LogP contribution in [-0.2, 0) is 7.05 Å². The van der Waals surface area contributed by atoms with Gasteiger partial charge >= 0.3 is 0 Å². The van der Waals surface area contributed by atoms with Crippen LogP contribution in [-0.4, -0.2) is 42.8 Å². The van der Waals surface area contributed by atoms with Crippen LogP contribution in [0.1, 0.15) is 27.3 Å². The Balaban J connectivity index is 1.42. The molecule has 3 heterocycles. The van der Waals surface area contributed by atoms with E-state index in [-0.39, 0.29) is 11.8 Å². The van der Waals surface area contributed by atoms with E-state index in [4.69, 9.17) is 9.47 Å². The molecule has 1 amide bonds. The van der Waals surface area contributed by atoms with E-state index < -0.39 is 0 Å². The number of aryl methyl sites for hydroxylation is 2. The first-order valence-corrected chi connectivity index (χ1v) is 9.89. The van der Waals surface area contributed by atoms with Crippen molar-refractivity contribution in [2.75, 3.05) is 12.4 Å². The zero-order chi connectivity index (χ0) is 22.8. The van der Waals surface area contributed by atoms with Crippen LogP contribution in [0.15, 0.2) is 42.6 Å². The first-order valence-electron chi connectivity index (χ1n) is 9.89. The Hall–Kier alpha value is -4.21. The van der Waals surface area contributed by atoms with Crippen LogP contribution < -0.4 is 14.8 Å². The number of carbonyl (C=O) groups is 1. The van der Waals surface area contributed by atoms with Crippen molar-refractivity contribution in [3.8, 4) is 23.3 Å². The van der Waals surface area contributed by atoms with Gasteiger partial charge in [-0.25, -0.2) is 4.68 Å². The normalized spacial score (nSPS) is 10.8. The van der Waals surface area contributed by atoms with Crippen LogP contribution in [0.2, 0.25) is 0 Å². The Morgan fingerprint density at radius 2 is 1.75 bits per heavy atom. The second-order valence-electron chi connectivity index (χ2n) is 7.24. The predicted octanol–water partition coefficient (Wildman–Crippen LogP) is 3.37. The van der Waals surface area contributed by atoms with Gasteiger partial charge in [0.25, 0.3) is 5.91 Å². The summed E-state index contributed by atoms with van der Waals surface area (Å²) in [5.41, 5.74) is 4.06. The highest BCUT2D eigenvalue weighted by Gasteiger charge is 2.16. The molecule has 32 heavy (non-hydrogen) atoms. The summed E-state index contributed by atoms with van der Waals surface area (Å²) in [6.45, 7) is 5.98. The van der Waals surface area contributed by atoms with Crippen LogP contribution in [0, 0.1) is 20.8 Å². The zero-order valence-electron chi connectivity index (χ0n) is 18.4. The van der Waals surface area contributed by atoms with Gasteiger partial charge in [0.05, 0.1) is 12.8 Å². The van der Waals surface area contributed by atoms with Crippen LogP contribution in [0.5, 0.6) is 17.5 Å². The molecule has 0 aliphatic carbocycles. The van der Waals surface area contributed by atoms with Gasteiger partial charge in [-0.3, -0.25) is 9.48 Å². The van der Waals surface area contributed by atoms with E-state index in [0.717, 1.165) is 17.0 Å². The van der Waals surface area contributed by atoms with Gasteiger partial charge in [0.2, 0.25) is 11.8 Å². The maximum Gasteiger partial charge on any atom is 0.262 e. The third-order valence-corrected chi connectivity index (χ3v) is 5.06. The first kappa shape index (κ1) is 21.0. The Morgan fingerprint density at radius 1 is 1.00 bits per heavy atom. The molecule has 0 radical (unpaired) electrons. The fourth-order valence-corrected chi connectivity index (χ4v) is 3.12. The molecule has 4 rings (SSSR count). The summed E-state index contributed by atoms with van der Waals surface area (Å²) < 4.78 is 14.2. The lowest BCUT2D eigenvalue weighted by atomic mass is 10.2.